The first-order valence-corrected chi connectivity index (χ1v) is 7.22. The van der Waals surface area contributed by atoms with Gasteiger partial charge in [0.05, 0.1) is 13.2 Å². The molecule has 136 valence electrons. The topological polar surface area (TPSA) is 173 Å². The number of ether oxygens (including phenoxy) is 2. The molecule has 2 rings (SSSR count). The number of carbonyl (C=O) groups excluding carboxylic acids is 4. The summed E-state index contributed by atoms with van der Waals surface area (Å²) in [6.07, 6.45) is 0.101. The van der Waals surface area contributed by atoms with Gasteiger partial charge in [-0.25, -0.2) is 9.48 Å². The number of carbonyl (C=O) groups is 4. The number of aromatic nitrogens is 3. The lowest BCUT2D eigenvalue weighted by Gasteiger charge is -2.21. The summed E-state index contributed by atoms with van der Waals surface area (Å²) < 4.78 is 10.6. The first-order chi connectivity index (χ1) is 11.8. The largest absolute Gasteiger partial charge is 0.467 e. The summed E-state index contributed by atoms with van der Waals surface area (Å²) in [6, 6.07) is -1.51. The fourth-order valence-electron chi connectivity index (χ4n) is 2.78. The van der Waals surface area contributed by atoms with E-state index in [-0.39, 0.29) is 31.0 Å². The first kappa shape index (κ1) is 18.3. The summed E-state index contributed by atoms with van der Waals surface area (Å²) in [5.74, 6) is -2.97. The van der Waals surface area contributed by atoms with Crippen LogP contribution in [0.3, 0.4) is 0 Å². The Morgan fingerprint density at radius 2 is 1.88 bits per heavy atom. The molecular formula is C13H18N6O6. The van der Waals surface area contributed by atoms with E-state index in [0.29, 0.717) is 0 Å². The summed E-state index contributed by atoms with van der Waals surface area (Å²) in [4.78, 5) is 48.5. The third-order valence-electron chi connectivity index (χ3n) is 3.85. The van der Waals surface area contributed by atoms with Gasteiger partial charge in [-0.2, -0.15) is 0 Å². The smallest absolute Gasteiger partial charge is 0.328 e. The van der Waals surface area contributed by atoms with Gasteiger partial charge in [0.2, 0.25) is 5.91 Å². The number of primary amides is 2. The zero-order valence-electron chi connectivity index (χ0n) is 13.7. The van der Waals surface area contributed by atoms with E-state index in [4.69, 9.17) is 20.9 Å². The monoisotopic (exact) mass is 354 g/mol. The van der Waals surface area contributed by atoms with Crippen LogP contribution in [0.25, 0.3) is 0 Å². The molecule has 1 aliphatic rings. The zero-order valence-corrected chi connectivity index (χ0v) is 13.7. The van der Waals surface area contributed by atoms with Gasteiger partial charge in [0, 0.05) is 20.1 Å². The van der Waals surface area contributed by atoms with Gasteiger partial charge in [-0.05, 0) is 0 Å². The second-order valence-electron chi connectivity index (χ2n) is 5.37. The predicted molar refractivity (Wildman–Crippen MR) is 80.1 cm³/mol. The standard InChI is InChI=1S/C13H18N6O6/c1-24-5-8(20)18-4-6(3-7(18)13(23)25-2)19-10(12(15)22)9(11(14)21)16-17-19/h6-7H,3-5H2,1-2H3,(H2,14,21)(H2,15,22). The quantitative estimate of drug-likeness (QED) is 0.525. The third-order valence-corrected chi connectivity index (χ3v) is 3.85. The Kier molecular flexibility index (Phi) is 5.32. The van der Waals surface area contributed by atoms with Crippen LogP contribution >= 0.6 is 0 Å². The molecule has 0 saturated carbocycles. The second-order valence-corrected chi connectivity index (χ2v) is 5.37. The molecule has 0 aliphatic carbocycles. The number of hydrogen-bond acceptors (Lipinski definition) is 8. The van der Waals surface area contributed by atoms with Crippen molar-refractivity contribution in [2.45, 2.75) is 18.5 Å². The van der Waals surface area contributed by atoms with Gasteiger partial charge < -0.3 is 25.8 Å². The molecule has 2 heterocycles. The van der Waals surface area contributed by atoms with Crippen molar-refractivity contribution < 1.29 is 28.7 Å². The number of esters is 1. The lowest BCUT2D eigenvalue weighted by atomic mass is 10.1. The second kappa shape index (κ2) is 7.25. The van der Waals surface area contributed by atoms with Crippen molar-refractivity contribution in [3.05, 3.63) is 11.4 Å². The third kappa shape index (κ3) is 3.42. The number of nitrogens with two attached hydrogens (primary N) is 2. The SMILES string of the molecule is COCC(=O)N1CC(n2nnc(C(N)=O)c2C(N)=O)CC1C(=O)OC. The van der Waals surface area contributed by atoms with Gasteiger partial charge in [-0.15, -0.1) is 5.10 Å². The highest BCUT2D eigenvalue weighted by Crippen LogP contribution is 2.29. The van der Waals surface area contributed by atoms with E-state index in [0.717, 1.165) is 4.68 Å². The molecule has 12 heteroatoms. The molecule has 0 bridgehead atoms. The van der Waals surface area contributed by atoms with Crippen molar-refractivity contribution in [1.82, 2.24) is 19.9 Å². The molecule has 2 atom stereocenters. The average Bonchev–Trinajstić information content (AvgIpc) is 3.18. The van der Waals surface area contributed by atoms with Crippen molar-refractivity contribution in [1.29, 1.82) is 0 Å². The molecule has 1 aromatic rings. The van der Waals surface area contributed by atoms with E-state index >= 15 is 0 Å². The number of nitrogens with zero attached hydrogens (tertiary/aromatic N) is 4. The molecule has 1 aromatic heterocycles. The summed E-state index contributed by atoms with van der Waals surface area (Å²) in [5.41, 5.74) is 9.80. The van der Waals surface area contributed by atoms with Crippen LogP contribution in [0.2, 0.25) is 0 Å². The first-order valence-electron chi connectivity index (χ1n) is 7.22. The van der Waals surface area contributed by atoms with Gasteiger partial charge in [-0.3, -0.25) is 14.4 Å². The van der Waals surface area contributed by atoms with Crippen LogP contribution in [0.1, 0.15) is 33.4 Å². The highest BCUT2D eigenvalue weighted by Gasteiger charge is 2.43. The van der Waals surface area contributed by atoms with Crippen LogP contribution in [0.5, 0.6) is 0 Å². The fourth-order valence-corrected chi connectivity index (χ4v) is 2.78. The summed E-state index contributed by atoms with van der Waals surface area (Å²) >= 11 is 0. The van der Waals surface area contributed by atoms with Crippen molar-refractivity contribution in [3.63, 3.8) is 0 Å². The maximum atomic E-state index is 12.2. The van der Waals surface area contributed by atoms with Gasteiger partial charge in [0.1, 0.15) is 12.6 Å². The molecular weight excluding hydrogens is 336 g/mol. The van der Waals surface area contributed by atoms with E-state index in [1.54, 1.807) is 0 Å². The van der Waals surface area contributed by atoms with Crippen LogP contribution in [-0.2, 0) is 19.1 Å². The molecule has 4 N–H and O–H groups in total. The van der Waals surface area contributed by atoms with Crippen molar-refractivity contribution in [2.24, 2.45) is 11.5 Å². The van der Waals surface area contributed by atoms with E-state index in [2.05, 4.69) is 10.3 Å². The van der Waals surface area contributed by atoms with Crippen LogP contribution < -0.4 is 11.5 Å². The van der Waals surface area contributed by atoms with Gasteiger partial charge in [0.25, 0.3) is 11.8 Å². The molecule has 0 radical (unpaired) electrons. The minimum Gasteiger partial charge on any atom is -0.467 e. The van der Waals surface area contributed by atoms with Crippen LogP contribution in [0.15, 0.2) is 0 Å². The summed E-state index contributed by atoms with van der Waals surface area (Å²) in [6.45, 7) is -0.198. The highest BCUT2D eigenvalue weighted by atomic mass is 16.5. The molecule has 2 unspecified atom stereocenters. The highest BCUT2D eigenvalue weighted by molar-refractivity contribution is 6.03. The van der Waals surface area contributed by atoms with Crippen LogP contribution in [-0.4, -0.2) is 77.0 Å². The predicted octanol–water partition coefficient (Wildman–Crippen LogP) is -2.56. The Bertz CT molecular complexity index is 716. The Labute approximate surface area is 142 Å². The number of hydrogen-bond donors (Lipinski definition) is 2. The summed E-state index contributed by atoms with van der Waals surface area (Å²) in [7, 11) is 2.55. The maximum Gasteiger partial charge on any atom is 0.328 e. The van der Waals surface area contributed by atoms with E-state index in [1.165, 1.54) is 19.1 Å². The van der Waals surface area contributed by atoms with Crippen molar-refractivity contribution in [2.75, 3.05) is 27.4 Å². The molecule has 0 spiro atoms. The summed E-state index contributed by atoms with van der Waals surface area (Å²) in [5, 5.41) is 7.31. The normalized spacial score (nSPS) is 19.7. The molecule has 1 saturated heterocycles. The lowest BCUT2D eigenvalue weighted by Crippen LogP contribution is -2.42. The molecule has 12 nitrogen and oxygen atoms in total. The number of likely N-dealkylation sites (tertiary alicyclic amines) is 1. The molecule has 25 heavy (non-hydrogen) atoms. The fraction of sp³-hybridized carbons (Fsp3) is 0.538. The average molecular weight is 354 g/mol. The van der Waals surface area contributed by atoms with Gasteiger partial charge in [-0.1, -0.05) is 5.21 Å². The maximum absolute atomic E-state index is 12.2. The molecule has 1 fully saturated rings. The van der Waals surface area contributed by atoms with Crippen molar-refractivity contribution in [3.8, 4) is 0 Å². The molecule has 3 amide bonds. The molecule has 1 aliphatic heterocycles. The van der Waals surface area contributed by atoms with E-state index in [9.17, 15) is 19.2 Å². The number of rotatable bonds is 6. The van der Waals surface area contributed by atoms with Crippen LogP contribution in [0, 0.1) is 0 Å². The number of amides is 3. The van der Waals surface area contributed by atoms with Gasteiger partial charge in [0.15, 0.2) is 11.4 Å². The van der Waals surface area contributed by atoms with E-state index in [1.807, 2.05) is 0 Å². The Hall–Kier alpha value is -3.02. The lowest BCUT2D eigenvalue weighted by molar-refractivity contribution is -0.152. The van der Waals surface area contributed by atoms with E-state index < -0.39 is 35.8 Å². The van der Waals surface area contributed by atoms with Crippen molar-refractivity contribution >= 4 is 23.7 Å². The minimum absolute atomic E-state index is 0.0315. The Morgan fingerprint density at radius 3 is 2.40 bits per heavy atom. The zero-order chi connectivity index (χ0) is 18.7. The van der Waals surface area contributed by atoms with Gasteiger partial charge >= 0.3 is 5.97 Å². The Morgan fingerprint density at radius 1 is 1.20 bits per heavy atom. The molecule has 0 aromatic carbocycles. The number of methoxy groups -OCH3 is 2. The minimum atomic E-state index is -0.963. The van der Waals surface area contributed by atoms with Crippen LogP contribution in [0.4, 0.5) is 0 Å². The Balaban J connectivity index is 2.38.